The Morgan fingerprint density at radius 1 is 1.43 bits per heavy atom. The van der Waals surface area contributed by atoms with Gasteiger partial charge in [-0.3, -0.25) is 0 Å². The molecule has 1 aromatic carbocycles. The van der Waals surface area contributed by atoms with Crippen molar-refractivity contribution in [1.82, 2.24) is 5.32 Å². The minimum absolute atomic E-state index is 0.667. The van der Waals surface area contributed by atoms with E-state index >= 15 is 0 Å². The molecule has 1 saturated carbocycles. The van der Waals surface area contributed by atoms with Gasteiger partial charge in [-0.25, -0.2) is 0 Å². The van der Waals surface area contributed by atoms with Crippen LogP contribution in [0.3, 0.4) is 0 Å². The molecule has 0 aliphatic heterocycles. The molecule has 14 heavy (non-hydrogen) atoms. The van der Waals surface area contributed by atoms with Crippen LogP contribution in [-0.4, -0.2) is 13.1 Å². The zero-order valence-electron chi connectivity index (χ0n) is 8.51. The SMILES string of the molecule is C=C(NC1CC1)c1cccc(NC)c1. The molecule has 0 unspecified atom stereocenters. The zero-order valence-corrected chi connectivity index (χ0v) is 8.51. The maximum atomic E-state index is 4.04. The first-order valence-corrected chi connectivity index (χ1v) is 5.03. The van der Waals surface area contributed by atoms with Crippen LogP contribution in [0, 0.1) is 0 Å². The van der Waals surface area contributed by atoms with Gasteiger partial charge < -0.3 is 10.6 Å². The Kier molecular flexibility index (Phi) is 2.44. The smallest absolute Gasteiger partial charge is 0.0344 e. The number of anilines is 1. The van der Waals surface area contributed by atoms with Crippen molar-refractivity contribution < 1.29 is 0 Å². The lowest BCUT2D eigenvalue weighted by atomic mass is 10.1. The van der Waals surface area contributed by atoms with E-state index in [0.717, 1.165) is 11.4 Å². The van der Waals surface area contributed by atoms with E-state index < -0.39 is 0 Å². The Hall–Kier alpha value is -1.44. The molecular formula is C12H16N2. The van der Waals surface area contributed by atoms with Gasteiger partial charge >= 0.3 is 0 Å². The molecule has 1 aliphatic rings. The molecule has 0 bridgehead atoms. The second-order valence-corrected chi connectivity index (χ2v) is 3.73. The van der Waals surface area contributed by atoms with Gasteiger partial charge in [0.25, 0.3) is 0 Å². The molecule has 0 spiro atoms. The first-order chi connectivity index (χ1) is 6.79. The topological polar surface area (TPSA) is 24.1 Å². The van der Waals surface area contributed by atoms with Crippen molar-refractivity contribution in [3.8, 4) is 0 Å². The lowest BCUT2D eigenvalue weighted by Gasteiger charge is -2.09. The van der Waals surface area contributed by atoms with Crippen LogP contribution in [0.2, 0.25) is 0 Å². The third kappa shape index (κ3) is 2.08. The monoisotopic (exact) mass is 188 g/mol. The fraction of sp³-hybridized carbons (Fsp3) is 0.333. The minimum atomic E-state index is 0.667. The zero-order chi connectivity index (χ0) is 9.97. The molecule has 1 fully saturated rings. The van der Waals surface area contributed by atoms with E-state index in [2.05, 4.69) is 29.3 Å². The second kappa shape index (κ2) is 3.74. The van der Waals surface area contributed by atoms with Gasteiger partial charge in [0.1, 0.15) is 0 Å². The molecule has 74 valence electrons. The van der Waals surface area contributed by atoms with Crippen LogP contribution in [0.5, 0.6) is 0 Å². The van der Waals surface area contributed by atoms with Crippen LogP contribution in [0.1, 0.15) is 18.4 Å². The van der Waals surface area contributed by atoms with Crippen LogP contribution in [0.15, 0.2) is 30.8 Å². The van der Waals surface area contributed by atoms with Gasteiger partial charge in [-0.05, 0) is 30.5 Å². The standard InChI is InChI=1S/C12H16N2/c1-9(14-11-6-7-11)10-4-3-5-12(8-10)13-2/h3-5,8,11,13-14H,1,6-7H2,2H3. The van der Waals surface area contributed by atoms with E-state index in [1.54, 1.807) is 0 Å². The van der Waals surface area contributed by atoms with Gasteiger partial charge in [0, 0.05) is 24.5 Å². The highest BCUT2D eigenvalue weighted by molar-refractivity contribution is 5.66. The quantitative estimate of drug-likeness (QED) is 0.758. The number of nitrogens with one attached hydrogen (secondary N) is 2. The van der Waals surface area contributed by atoms with Crippen molar-refractivity contribution in [2.75, 3.05) is 12.4 Å². The first kappa shape index (κ1) is 9.13. The van der Waals surface area contributed by atoms with Gasteiger partial charge in [-0.2, -0.15) is 0 Å². The van der Waals surface area contributed by atoms with Gasteiger partial charge in [0.15, 0.2) is 0 Å². The molecule has 0 saturated heterocycles. The normalized spacial score (nSPS) is 14.9. The van der Waals surface area contributed by atoms with Crippen molar-refractivity contribution in [3.05, 3.63) is 36.4 Å². The lowest BCUT2D eigenvalue weighted by molar-refractivity contribution is 0.885. The van der Waals surface area contributed by atoms with Crippen molar-refractivity contribution >= 4 is 11.4 Å². The van der Waals surface area contributed by atoms with Crippen molar-refractivity contribution in [2.45, 2.75) is 18.9 Å². The first-order valence-electron chi connectivity index (χ1n) is 5.03. The Bertz CT molecular complexity index is 340. The van der Waals surface area contributed by atoms with Gasteiger partial charge in [0.05, 0.1) is 0 Å². The maximum absolute atomic E-state index is 4.04. The molecule has 2 nitrogen and oxygen atoms in total. The molecule has 0 heterocycles. The van der Waals surface area contributed by atoms with Gasteiger partial charge in [-0.1, -0.05) is 18.7 Å². The van der Waals surface area contributed by atoms with Crippen LogP contribution in [-0.2, 0) is 0 Å². The molecule has 0 amide bonds. The van der Waals surface area contributed by atoms with Crippen molar-refractivity contribution in [2.24, 2.45) is 0 Å². The molecule has 1 aliphatic carbocycles. The Labute approximate surface area is 85.0 Å². The van der Waals surface area contributed by atoms with Crippen LogP contribution >= 0.6 is 0 Å². The summed E-state index contributed by atoms with van der Waals surface area (Å²) in [6.07, 6.45) is 2.56. The average Bonchev–Trinajstić information content (AvgIpc) is 3.02. The number of benzene rings is 1. The predicted molar refractivity (Wildman–Crippen MR) is 61.2 cm³/mol. The molecule has 0 atom stereocenters. The molecule has 0 radical (unpaired) electrons. The summed E-state index contributed by atoms with van der Waals surface area (Å²) in [7, 11) is 1.93. The molecule has 2 N–H and O–H groups in total. The molecule has 2 heteroatoms. The van der Waals surface area contributed by atoms with E-state index in [9.17, 15) is 0 Å². The fourth-order valence-corrected chi connectivity index (χ4v) is 1.42. The summed E-state index contributed by atoms with van der Waals surface area (Å²) in [5.74, 6) is 0. The van der Waals surface area contributed by atoms with E-state index in [1.807, 2.05) is 19.2 Å². The summed E-state index contributed by atoms with van der Waals surface area (Å²) in [5, 5.41) is 6.52. The van der Waals surface area contributed by atoms with Crippen LogP contribution in [0.25, 0.3) is 5.70 Å². The molecule has 1 aromatic rings. The van der Waals surface area contributed by atoms with Gasteiger partial charge in [-0.15, -0.1) is 0 Å². The van der Waals surface area contributed by atoms with Crippen LogP contribution in [0.4, 0.5) is 5.69 Å². The highest BCUT2D eigenvalue weighted by atomic mass is 15.0. The summed E-state index contributed by atoms with van der Waals surface area (Å²) < 4.78 is 0. The molecule has 2 rings (SSSR count). The third-order valence-electron chi connectivity index (χ3n) is 2.46. The fourth-order valence-electron chi connectivity index (χ4n) is 1.42. The van der Waals surface area contributed by atoms with Gasteiger partial charge in [0.2, 0.25) is 0 Å². The largest absolute Gasteiger partial charge is 0.388 e. The summed E-state index contributed by atoms with van der Waals surface area (Å²) in [5.41, 5.74) is 3.33. The summed E-state index contributed by atoms with van der Waals surface area (Å²) >= 11 is 0. The third-order valence-corrected chi connectivity index (χ3v) is 2.46. The number of rotatable bonds is 4. The average molecular weight is 188 g/mol. The number of hydrogen-bond donors (Lipinski definition) is 2. The van der Waals surface area contributed by atoms with E-state index in [-0.39, 0.29) is 0 Å². The van der Waals surface area contributed by atoms with E-state index in [0.29, 0.717) is 6.04 Å². The van der Waals surface area contributed by atoms with Crippen molar-refractivity contribution in [3.63, 3.8) is 0 Å². The highest BCUT2D eigenvalue weighted by Crippen LogP contribution is 2.23. The van der Waals surface area contributed by atoms with E-state index in [4.69, 9.17) is 0 Å². The summed E-state index contributed by atoms with van der Waals surface area (Å²) in [6.45, 7) is 4.04. The lowest BCUT2D eigenvalue weighted by Crippen LogP contribution is -2.13. The van der Waals surface area contributed by atoms with Crippen LogP contribution < -0.4 is 10.6 Å². The van der Waals surface area contributed by atoms with Crippen molar-refractivity contribution in [1.29, 1.82) is 0 Å². The summed E-state index contributed by atoms with van der Waals surface area (Å²) in [6, 6.07) is 8.95. The van der Waals surface area contributed by atoms with E-state index in [1.165, 1.54) is 18.4 Å². The Morgan fingerprint density at radius 2 is 2.21 bits per heavy atom. The Balaban J connectivity index is 2.09. The second-order valence-electron chi connectivity index (χ2n) is 3.73. The predicted octanol–water partition coefficient (Wildman–Crippen LogP) is 2.45. The maximum Gasteiger partial charge on any atom is 0.0344 e. The molecule has 0 aromatic heterocycles. The summed E-state index contributed by atoms with van der Waals surface area (Å²) in [4.78, 5) is 0. The minimum Gasteiger partial charge on any atom is -0.388 e. The molecular weight excluding hydrogens is 172 g/mol. The number of hydrogen-bond acceptors (Lipinski definition) is 2. The Morgan fingerprint density at radius 3 is 2.86 bits per heavy atom. The highest BCUT2D eigenvalue weighted by Gasteiger charge is 2.21.